The van der Waals surface area contributed by atoms with Gasteiger partial charge in [0.25, 0.3) is 0 Å². The average Bonchev–Trinajstić information content (AvgIpc) is 2.96. The Morgan fingerprint density at radius 1 is 0.951 bits per heavy atom. The standard InChI is InChI=1S/C37H48O4/c1-7-40-34(39)36(5)20-19-35(4)17-15-25(2)29-14-13-28-21-33(41-24-27-11-9-8-10-12-27)32(38)22-30(28)37(29,6)18-16-26(3)31(35)23-36/h8-14,21-22,25-26,31H,7,15-20,23-24H2,1-6H3/t25-,26+,31-,35-,36+,37+/m0/s1. The van der Waals surface area contributed by atoms with Crippen LogP contribution in [0.15, 0.2) is 77.1 Å². The Balaban J connectivity index is 1.41. The fourth-order valence-corrected chi connectivity index (χ4v) is 8.23. The Morgan fingerprint density at radius 2 is 1.71 bits per heavy atom. The molecule has 0 saturated heterocycles. The minimum absolute atomic E-state index is 0.0260. The molecule has 4 aliphatic rings. The van der Waals surface area contributed by atoms with Gasteiger partial charge in [-0.1, -0.05) is 75.8 Å². The van der Waals surface area contributed by atoms with Crippen LogP contribution >= 0.6 is 0 Å². The van der Waals surface area contributed by atoms with E-state index in [4.69, 9.17) is 9.47 Å². The molecule has 0 bridgehead atoms. The molecule has 0 amide bonds. The van der Waals surface area contributed by atoms with Crippen LogP contribution in [0.2, 0.25) is 0 Å². The number of ether oxygens (including phenoxy) is 2. The molecule has 0 heterocycles. The van der Waals surface area contributed by atoms with Crippen LogP contribution in [0.25, 0.3) is 0 Å². The van der Waals surface area contributed by atoms with Gasteiger partial charge < -0.3 is 9.47 Å². The van der Waals surface area contributed by atoms with Crippen molar-refractivity contribution in [3.05, 3.63) is 82.7 Å². The lowest BCUT2D eigenvalue weighted by Gasteiger charge is -2.52. The van der Waals surface area contributed by atoms with Crippen molar-refractivity contribution >= 4 is 11.8 Å². The second kappa shape index (κ2) is 11.4. The molecule has 220 valence electrons. The number of ketones is 1. The topological polar surface area (TPSA) is 52.6 Å². The largest absolute Gasteiger partial charge is 0.485 e. The van der Waals surface area contributed by atoms with Crippen LogP contribution in [0.1, 0.15) is 92.1 Å². The highest BCUT2D eigenvalue weighted by atomic mass is 16.5. The average molecular weight is 557 g/mol. The minimum atomic E-state index is -0.404. The molecule has 0 spiro atoms. The van der Waals surface area contributed by atoms with Crippen LogP contribution < -0.4 is 0 Å². The van der Waals surface area contributed by atoms with E-state index in [9.17, 15) is 9.59 Å². The van der Waals surface area contributed by atoms with Gasteiger partial charge in [0.2, 0.25) is 5.78 Å². The molecule has 1 aromatic rings. The Labute approximate surface area is 247 Å². The summed E-state index contributed by atoms with van der Waals surface area (Å²) in [6.45, 7) is 14.4. The van der Waals surface area contributed by atoms with Gasteiger partial charge in [0.05, 0.1) is 12.0 Å². The number of hydrogen-bond donors (Lipinski definition) is 0. The zero-order chi connectivity index (χ0) is 29.4. The number of rotatable bonds is 5. The third kappa shape index (κ3) is 5.64. The summed E-state index contributed by atoms with van der Waals surface area (Å²) in [5, 5.41) is 0. The molecular formula is C37H48O4. The Hall–Kier alpha value is -2.88. The van der Waals surface area contributed by atoms with Gasteiger partial charge in [-0.3, -0.25) is 9.59 Å². The number of hydrogen-bond acceptors (Lipinski definition) is 4. The van der Waals surface area contributed by atoms with Crippen LogP contribution in [0.5, 0.6) is 0 Å². The van der Waals surface area contributed by atoms with Crippen molar-refractivity contribution in [1.29, 1.82) is 0 Å². The first-order valence-corrected chi connectivity index (χ1v) is 15.7. The van der Waals surface area contributed by atoms with Crippen molar-refractivity contribution in [3.63, 3.8) is 0 Å². The van der Waals surface area contributed by atoms with Crippen LogP contribution in [0.4, 0.5) is 0 Å². The number of allylic oxidation sites excluding steroid dienone is 7. The van der Waals surface area contributed by atoms with Crippen molar-refractivity contribution in [3.8, 4) is 0 Å². The molecule has 0 radical (unpaired) electrons. The second-order valence-electron chi connectivity index (χ2n) is 14.0. The van der Waals surface area contributed by atoms with E-state index in [2.05, 4.69) is 46.8 Å². The molecule has 5 rings (SSSR count). The maximum Gasteiger partial charge on any atom is 0.311 e. The molecule has 2 saturated carbocycles. The molecule has 0 aromatic heterocycles. The first-order chi connectivity index (χ1) is 19.5. The van der Waals surface area contributed by atoms with Crippen molar-refractivity contribution in [2.45, 2.75) is 93.1 Å². The number of fused-ring (bicyclic) bond motifs is 4. The maximum atomic E-state index is 13.4. The summed E-state index contributed by atoms with van der Waals surface area (Å²) >= 11 is 0. The summed E-state index contributed by atoms with van der Waals surface area (Å²) in [5.41, 5.74) is 4.33. The molecule has 41 heavy (non-hydrogen) atoms. The summed E-state index contributed by atoms with van der Waals surface area (Å²) in [7, 11) is 0. The zero-order valence-electron chi connectivity index (χ0n) is 25.9. The van der Waals surface area contributed by atoms with E-state index < -0.39 is 5.41 Å². The summed E-state index contributed by atoms with van der Waals surface area (Å²) in [6.07, 6.45) is 15.5. The van der Waals surface area contributed by atoms with E-state index in [0.717, 1.165) is 61.7 Å². The summed E-state index contributed by atoms with van der Waals surface area (Å²) in [4.78, 5) is 26.4. The fourth-order valence-electron chi connectivity index (χ4n) is 8.23. The lowest BCUT2D eigenvalue weighted by molar-refractivity contribution is -0.161. The van der Waals surface area contributed by atoms with E-state index in [0.29, 0.717) is 36.7 Å². The highest BCUT2D eigenvalue weighted by molar-refractivity contribution is 6.06. The van der Waals surface area contributed by atoms with E-state index in [1.165, 1.54) is 5.57 Å². The second-order valence-corrected chi connectivity index (χ2v) is 14.0. The van der Waals surface area contributed by atoms with Gasteiger partial charge in [0, 0.05) is 5.41 Å². The Kier molecular flexibility index (Phi) is 8.25. The lowest BCUT2D eigenvalue weighted by Crippen LogP contribution is -2.46. The Bertz CT molecular complexity index is 1300. The quantitative estimate of drug-likeness (QED) is 0.340. The third-order valence-electron chi connectivity index (χ3n) is 11.1. The van der Waals surface area contributed by atoms with Crippen molar-refractivity contribution in [2.24, 2.45) is 34.0 Å². The summed E-state index contributed by atoms with van der Waals surface area (Å²) in [5.74, 6) is 1.69. The molecule has 4 aliphatic carbocycles. The van der Waals surface area contributed by atoms with Crippen LogP contribution in [0, 0.1) is 34.0 Å². The zero-order valence-corrected chi connectivity index (χ0v) is 25.9. The van der Waals surface area contributed by atoms with E-state index in [1.54, 1.807) is 0 Å². The fraction of sp³-hybridized carbons (Fsp3) is 0.568. The normalized spacial score (nSPS) is 35.4. The molecule has 1 aromatic carbocycles. The minimum Gasteiger partial charge on any atom is -0.485 e. The van der Waals surface area contributed by atoms with Crippen LogP contribution in [-0.4, -0.2) is 18.4 Å². The van der Waals surface area contributed by atoms with Gasteiger partial charge in [0.15, 0.2) is 5.76 Å². The van der Waals surface area contributed by atoms with Crippen molar-refractivity contribution < 1.29 is 19.1 Å². The molecule has 2 fully saturated rings. The lowest BCUT2D eigenvalue weighted by atomic mass is 9.52. The predicted molar refractivity (Wildman–Crippen MR) is 164 cm³/mol. The van der Waals surface area contributed by atoms with Gasteiger partial charge in [-0.15, -0.1) is 0 Å². The molecule has 0 unspecified atom stereocenters. The van der Waals surface area contributed by atoms with Gasteiger partial charge in [-0.2, -0.15) is 0 Å². The SMILES string of the molecule is CCOC(=O)[C@]1(C)CC[C@]2(C)CC[C@H](C)C3=CC=C4C=C(OCc5ccccc5)C(=O)C=C4[C@]3(C)CC[C@@H](C)[C@@H]2C1. The van der Waals surface area contributed by atoms with E-state index in [-0.39, 0.29) is 22.6 Å². The summed E-state index contributed by atoms with van der Waals surface area (Å²) < 4.78 is 11.6. The highest BCUT2D eigenvalue weighted by Crippen LogP contribution is 2.59. The van der Waals surface area contributed by atoms with Gasteiger partial charge in [-0.25, -0.2) is 0 Å². The Morgan fingerprint density at radius 3 is 2.44 bits per heavy atom. The smallest absolute Gasteiger partial charge is 0.311 e. The molecule has 6 atom stereocenters. The van der Waals surface area contributed by atoms with Crippen LogP contribution in [0.3, 0.4) is 0 Å². The predicted octanol–water partition coefficient (Wildman–Crippen LogP) is 8.69. The van der Waals surface area contributed by atoms with Gasteiger partial charge >= 0.3 is 5.97 Å². The first kappa shape index (κ1) is 29.6. The van der Waals surface area contributed by atoms with E-state index >= 15 is 0 Å². The maximum absolute atomic E-state index is 13.4. The highest BCUT2D eigenvalue weighted by Gasteiger charge is 2.51. The molecular weight excluding hydrogens is 508 g/mol. The molecule has 4 heteroatoms. The van der Waals surface area contributed by atoms with E-state index in [1.807, 2.05) is 49.4 Å². The molecule has 4 nitrogen and oxygen atoms in total. The van der Waals surface area contributed by atoms with Crippen molar-refractivity contribution in [2.75, 3.05) is 6.61 Å². The van der Waals surface area contributed by atoms with Crippen molar-refractivity contribution in [1.82, 2.24) is 0 Å². The first-order valence-electron chi connectivity index (χ1n) is 15.7. The van der Waals surface area contributed by atoms with Gasteiger partial charge in [0.1, 0.15) is 6.61 Å². The summed E-state index contributed by atoms with van der Waals surface area (Å²) in [6, 6.07) is 9.98. The monoisotopic (exact) mass is 556 g/mol. The molecule has 0 N–H and O–H groups in total. The van der Waals surface area contributed by atoms with Gasteiger partial charge in [-0.05, 0) is 111 Å². The third-order valence-corrected chi connectivity index (χ3v) is 11.1. The number of carbonyl (C=O) groups is 2. The number of esters is 1. The number of carbonyl (C=O) groups excluding carboxylic acids is 2. The molecule has 0 aliphatic heterocycles. The number of benzene rings is 1. The van der Waals surface area contributed by atoms with Crippen LogP contribution in [-0.2, 0) is 25.7 Å².